The maximum Gasteiger partial charge on any atom is 0.232 e. The zero-order valence-electron chi connectivity index (χ0n) is 12.9. The van der Waals surface area contributed by atoms with Crippen molar-refractivity contribution in [2.75, 3.05) is 5.32 Å². The number of hydrogen-bond donors (Lipinski definition) is 1. The molecule has 0 aliphatic rings. The first-order valence-corrected chi connectivity index (χ1v) is 7.22. The summed E-state index contributed by atoms with van der Waals surface area (Å²) in [6.45, 7) is 3.86. The molecule has 0 aliphatic carbocycles. The molecule has 6 nitrogen and oxygen atoms in total. The Morgan fingerprint density at radius 2 is 1.96 bits per heavy atom. The smallest absolute Gasteiger partial charge is 0.232 e. The SMILES string of the molecule is Cc1ccc(-c2cc(CC(=O)Nc3nccc(C)n3)no2)cc1. The van der Waals surface area contributed by atoms with Gasteiger partial charge in [0.05, 0.1) is 12.1 Å². The highest BCUT2D eigenvalue weighted by Crippen LogP contribution is 2.21. The third-order valence-electron chi connectivity index (χ3n) is 3.28. The predicted octanol–water partition coefficient (Wildman–Crippen LogP) is 2.93. The average Bonchev–Trinajstić information content (AvgIpc) is 2.96. The molecule has 6 heteroatoms. The van der Waals surface area contributed by atoms with Gasteiger partial charge in [0.1, 0.15) is 0 Å². The topological polar surface area (TPSA) is 80.9 Å². The van der Waals surface area contributed by atoms with Crippen molar-refractivity contribution >= 4 is 11.9 Å². The number of carbonyl (C=O) groups excluding carboxylic acids is 1. The molecule has 0 atom stereocenters. The second-order valence-electron chi connectivity index (χ2n) is 5.30. The minimum absolute atomic E-state index is 0.104. The van der Waals surface area contributed by atoms with Gasteiger partial charge < -0.3 is 4.52 Å². The second-order valence-corrected chi connectivity index (χ2v) is 5.30. The van der Waals surface area contributed by atoms with Gasteiger partial charge in [0.15, 0.2) is 5.76 Å². The normalized spacial score (nSPS) is 10.5. The van der Waals surface area contributed by atoms with Crippen LogP contribution in [0.3, 0.4) is 0 Å². The van der Waals surface area contributed by atoms with E-state index in [2.05, 4.69) is 20.4 Å². The van der Waals surface area contributed by atoms with Gasteiger partial charge in [0.25, 0.3) is 0 Å². The van der Waals surface area contributed by atoms with Crippen LogP contribution in [0, 0.1) is 13.8 Å². The summed E-state index contributed by atoms with van der Waals surface area (Å²) >= 11 is 0. The van der Waals surface area contributed by atoms with E-state index in [4.69, 9.17) is 4.52 Å². The van der Waals surface area contributed by atoms with Crippen LogP contribution in [0.1, 0.15) is 17.0 Å². The molecule has 0 unspecified atom stereocenters. The van der Waals surface area contributed by atoms with Gasteiger partial charge in [-0.25, -0.2) is 9.97 Å². The van der Waals surface area contributed by atoms with Crippen molar-refractivity contribution in [3.63, 3.8) is 0 Å². The van der Waals surface area contributed by atoms with E-state index in [0.717, 1.165) is 11.3 Å². The van der Waals surface area contributed by atoms with Crippen LogP contribution in [0.15, 0.2) is 47.1 Å². The van der Waals surface area contributed by atoms with Gasteiger partial charge in [0, 0.05) is 23.5 Å². The molecule has 3 aromatic rings. The van der Waals surface area contributed by atoms with Crippen molar-refractivity contribution in [2.45, 2.75) is 20.3 Å². The van der Waals surface area contributed by atoms with Gasteiger partial charge in [-0.15, -0.1) is 0 Å². The lowest BCUT2D eigenvalue weighted by Gasteiger charge is -2.01. The van der Waals surface area contributed by atoms with Crippen LogP contribution in [0.25, 0.3) is 11.3 Å². The molecule has 0 saturated heterocycles. The van der Waals surface area contributed by atoms with Crippen LogP contribution in [-0.2, 0) is 11.2 Å². The van der Waals surface area contributed by atoms with Gasteiger partial charge in [-0.3, -0.25) is 10.1 Å². The summed E-state index contributed by atoms with van der Waals surface area (Å²) in [6, 6.07) is 11.4. The molecular formula is C17H16N4O2. The summed E-state index contributed by atoms with van der Waals surface area (Å²) in [6.07, 6.45) is 1.70. The average molecular weight is 308 g/mol. The lowest BCUT2D eigenvalue weighted by atomic mass is 10.1. The first-order chi connectivity index (χ1) is 11.1. The second kappa shape index (κ2) is 6.39. The van der Waals surface area contributed by atoms with Crippen LogP contribution in [0.2, 0.25) is 0 Å². The van der Waals surface area contributed by atoms with Gasteiger partial charge in [-0.05, 0) is 19.9 Å². The summed E-state index contributed by atoms with van der Waals surface area (Å²) < 4.78 is 5.30. The van der Waals surface area contributed by atoms with Crippen LogP contribution in [-0.4, -0.2) is 21.0 Å². The third kappa shape index (κ3) is 3.79. The van der Waals surface area contributed by atoms with E-state index in [1.165, 1.54) is 5.56 Å². The van der Waals surface area contributed by atoms with E-state index in [-0.39, 0.29) is 18.3 Å². The molecule has 1 aromatic carbocycles. The molecular weight excluding hydrogens is 292 g/mol. The lowest BCUT2D eigenvalue weighted by Crippen LogP contribution is -2.16. The number of nitrogens with zero attached hydrogens (tertiary/aromatic N) is 3. The first-order valence-electron chi connectivity index (χ1n) is 7.22. The number of amides is 1. The van der Waals surface area contributed by atoms with Crippen molar-refractivity contribution in [1.29, 1.82) is 0 Å². The van der Waals surface area contributed by atoms with E-state index in [1.807, 2.05) is 38.1 Å². The maximum atomic E-state index is 12.0. The molecule has 0 spiro atoms. The number of nitrogens with one attached hydrogen (secondary N) is 1. The summed E-state index contributed by atoms with van der Waals surface area (Å²) in [5.74, 6) is 0.691. The van der Waals surface area contributed by atoms with Crippen LogP contribution in [0.5, 0.6) is 0 Å². The molecule has 0 aliphatic heterocycles. The van der Waals surface area contributed by atoms with E-state index < -0.39 is 0 Å². The Labute approximate surface area is 133 Å². The molecule has 3 rings (SSSR count). The molecule has 0 radical (unpaired) electrons. The summed E-state index contributed by atoms with van der Waals surface area (Å²) in [5, 5.41) is 6.58. The maximum absolute atomic E-state index is 12.0. The van der Waals surface area contributed by atoms with Crippen LogP contribution in [0.4, 0.5) is 5.95 Å². The lowest BCUT2D eigenvalue weighted by molar-refractivity contribution is -0.115. The fraction of sp³-hybridized carbons (Fsp3) is 0.176. The van der Waals surface area contributed by atoms with Crippen LogP contribution >= 0.6 is 0 Å². The highest BCUT2D eigenvalue weighted by Gasteiger charge is 2.11. The van der Waals surface area contributed by atoms with E-state index in [9.17, 15) is 4.79 Å². The zero-order chi connectivity index (χ0) is 16.2. The van der Waals surface area contributed by atoms with Crippen molar-refractivity contribution in [3.8, 4) is 11.3 Å². The number of aromatic nitrogens is 3. The van der Waals surface area contributed by atoms with Crippen molar-refractivity contribution in [3.05, 3.63) is 59.5 Å². The number of aryl methyl sites for hydroxylation is 2. The Morgan fingerprint density at radius 3 is 2.70 bits per heavy atom. The number of benzene rings is 1. The summed E-state index contributed by atoms with van der Waals surface area (Å²) in [4.78, 5) is 20.1. The Bertz CT molecular complexity index is 825. The number of hydrogen-bond acceptors (Lipinski definition) is 5. The van der Waals surface area contributed by atoms with Gasteiger partial charge in [-0.2, -0.15) is 0 Å². The van der Waals surface area contributed by atoms with E-state index in [1.54, 1.807) is 18.3 Å². The Morgan fingerprint density at radius 1 is 1.17 bits per heavy atom. The Kier molecular flexibility index (Phi) is 4.14. The molecule has 2 aromatic heterocycles. The molecule has 0 saturated carbocycles. The minimum Gasteiger partial charge on any atom is -0.356 e. The number of anilines is 1. The fourth-order valence-electron chi connectivity index (χ4n) is 2.09. The fourth-order valence-corrected chi connectivity index (χ4v) is 2.09. The van der Waals surface area contributed by atoms with Gasteiger partial charge in [0.2, 0.25) is 11.9 Å². The molecule has 1 amide bonds. The predicted molar refractivity (Wildman–Crippen MR) is 85.8 cm³/mol. The summed E-state index contributed by atoms with van der Waals surface area (Å²) in [7, 11) is 0. The third-order valence-corrected chi connectivity index (χ3v) is 3.28. The molecule has 23 heavy (non-hydrogen) atoms. The molecule has 0 bridgehead atoms. The summed E-state index contributed by atoms with van der Waals surface area (Å²) in [5.41, 5.74) is 3.45. The first kappa shape index (κ1) is 14.9. The largest absolute Gasteiger partial charge is 0.356 e. The molecule has 116 valence electrons. The Hall–Kier alpha value is -3.02. The Balaban J connectivity index is 1.66. The van der Waals surface area contributed by atoms with E-state index in [0.29, 0.717) is 11.5 Å². The van der Waals surface area contributed by atoms with Crippen LogP contribution < -0.4 is 5.32 Å². The standard InChI is InChI=1S/C17H16N4O2/c1-11-3-5-13(6-4-11)15-9-14(21-23-15)10-16(22)20-17-18-8-7-12(2)19-17/h3-9H,10H2,1-2H3,(H,18,19,20,22). The molecule has 1 N–H and O–H groups in total. The van der Waals surface area contributed by atoms with E-state index >= 15 is 0 Å². The number of carbonyl (C=O) groups is 1. The van der Waals surface area contributed by atoms with Crippen molar-refractivity contribution in [2.24, 2.45) is 0 Å². The molecule has 2 heterocycles. The monoisotopic (exact) mass is 308 g/mol. The highest BCUT2D eigenvalue weighted by molar-refractivity contribution is 5.90. The quantitative estimate of drug-likeness (QED) is 0.801. The van der Waals surface area contributed by atoms with Gasteiger partial charge in [-0.1, -0.05) is 35.0 Å². The zero-order valence-corrected chi connectivity index (χ0v) is 12.9. The molecule has 0 fully saturated rings. The highest BCUT2D eigenvalue weighted by atomic mass is 16.5. The van der Waals surface area contributed by atoms with Gasteiger partial charge >= 0.3 is 0 Å². The van der Waals surface area contributed by atoms with Crippen molar-refractivity contribution in [1.82, 2.24) is 15.1 Å². The number of rotatable bonds is 4. The van der Waals surface area contributed by atoms with Crippen molar-refractivity contribution < 1.29 is 9.32 Å². The minimum atomic E-state index is -0.237.